The van der Waals surface area contributed by atoms with E-state index in [0.29, 0.717) is 15.8 Å². The molecule has 1 aromatic carbocycles. The summed E-state index contributed by atoms with van der Waals surface area (Å²) in [6.45, 7) is 2.51. The van der Waals surface area contributed by atoms with E-state index in [2.05, 4.69) is 5.32 Å². The number of anilines is 1. The van der Waals surface area contributed by atoms with Gasteiger partial charge in [0.1, 0.15) is 5.82 Å². The molecule has 0 spiro atoms. The highest BCUT2D eigenvalue weighted by Gasteiger charge is 2.08. The second-order valence-electron chi connectivity index (χ2n) is 3.07. The number of hydrogen-bond acceptors (Lipinski definition) is 1. The molecule has 0 aliphatic rings. The molecule has 3 nitrogen and oxygen atoms in total. The molecule has 0 fully saturated rings. The van der Waals surface area contributed by atoms with Gasteiger partial charge in [-0.1, -0.05) is 0 Å². The highest BCUT2D eigenvalue weighted by atomic mass is 127. The quantitative estimate of drug-likeness (QED) is 0.835. The van der Waals surface area contributed by atoms with Gasteiger partial charge >= 0.3 is 6.03 Å². The number of hydrogen-bond donors (Lipinski definition) is 1. The van der Waals surface area contributed by atoms with Crippen LogP contribution in [0.1, 0.15) is 6.92 Å². The fraction of sp³-hybridized carbons (Fsp3) is 0.300. The van der Waals surface area contributed by atoms with Gasteiger partial charge in [0.25, 0.3) is 0 Å². The number of nitrogens with zero attached hydrogens (tertiary/aromatic N) is 1. The van der Waals surface area contributed by atoms with Crippen LogP contribution in [0.4, 0.5) is 14.9 Å². The highest BCUT2D eigenvalue weighted by Crippen LogP contribution is 2.19. The molecule has 0 aromatic heterocycles. The summed E-state index contributed by atoms with van der Waals surface area (Å²) in [5.41, 5.74) is 0.627. The van der Waals surface area contributed by atoms with Crippen LogP contribution in [0.5, 0.6) is 0 Å². The molecule has 0 radical (unpaired) electrons. The van der Waals surface area contributed by atoms with Crippen LogP contribution >= 0.6 is 22.6 Å². The Kier molecular flexibility index (Phi) is 4.31. The second-order valence-corrected chi connectivity index (χ2v) is 4.23. The average Bonchev–Trinajstić information content (AvgIpc) is 2.20. The molecule has 0 saturated heterocycles. The Bertz CT molecular complexity index is 370. The molecule has 15 heavy (non-hydrogen) atoms. The van der Waals surface area contributed by atoms with E-state index in [1.807, 2.05) is 29.5 Å². The van der Waals surface area contributed by atoms with Crippen molar-refractivity contribution in [3.05, 3.63) is 27.6 Å². The third-order valence-corrected chi connectivity index (χ3v) is 2.89. The summed E-state index contributed by atoms with van der Waals surface area (Å²) < 4.78 is 13.5. The van der Waals surface area contributed by atoms with E-state index in [0.717, 1.165) is 0 Å². The minimum absolute atomic E-state index is 0.193. The third-order valence-electron chi connectivity index (χ3n) is 1.99. The summed E-state index contributed by atoms with van der Waals surface area (Å²) in [7, 11) is 1.70. The SMILES string of the molecule is CCN(C)C(=O)Nc1ccc(F)cc1I. The van der Waals surface area contributed by atoms with Crippen molar-refractivity contribution in [1.29, 1.82) is 0 Å². The first-order valence-corrected chi connectivity index (χ1v) is 5.59. The minimum Gasteiger partial charge on any atom is -0.328 e. The van der Waals surface area contributed by atoms with E-state index in [9.17, 15) is 9.18 Å². The lowest BCUT2D eigenvalue weighted by atomic mass is 10.3. The summed E-state index contributed by atoms with van der Waals surface area (Å²) in [6, 6.07) is 4.06. The van der Waals surface area contributed by atoms with E-state index >= 15 is 0 Å². The van der Waals surface area contributed by atoms with Crippen LogP contribution < -0.4 is 5.32 Å². The van der Waals surface area contributed by atoms with Gasteiger partial charge in [0.15, 0.2) is 0 Å². The zero-order valence-corrected chi connectivity index (χ0v) is 10.7. The first-order valence-electron chi connectivity index (χ1n) is 4.51. The molecule has 0 heterocycles. The number of nitrogens with one attached hydrogen (secondary N) is 1. The maximum atomic E-state index is 12.8. The standard InChI is InChI=1S/C10H12FIN2O/c1-3-14(2)10(15)13-9-5-4-7(11)6-8(9)12/h4-6H,3H2,1-2H3,(H,13,15). The van der Waals surface area contributed by atoms with Crippen molar-refractivity contribution in [2.75, 3.05) is 18.9 Å². The van der Waals surface area contributed by atoms with Crippen LogP contribution in [-0.2, 0) is 0 Å². The van der Waals surface area contributed by atoms with Crippen LogP contribution in [0.25, 0.3) is 0 Å². The fourth-order valence-electron chi connectivity index (χ4n) is 0.945. The summed E-state index contributed by atoms with van der Waals surface area (Å²) in [4.78, 5) is 13.0. The molecular formula is C10H12FIN2O. The molecule has 2 amide bonds. The number of rotatable bonds is 2. The smallest absolute Gasteiger partial charge is 0.321 e. The van der Waals surface area contributed by atoms with Gasteiger partial charge in [0.2, 0.25) is 0 Å². The number of carbonyl (C=O) groups excluding carboxylic acids is 1. The molecule has 0 unspecified atom stereocenters. The summed E-state index contributed by atoms with van der Waals surface area (Å²) in [6.07, 6.45) is 0. The van der Waals surface area contributed by atoms with Crippen LogP contribution in [0.3, 0.4) is 0 Å². The first kappa shape index (κ1) is 12.2. The topological polar surface area (TPSA) is 32.3 Å². The predicted molar refractivity (Wildman–Crippen MR) is 66.4 cm³/mol. The van der Waals surface area contributed by atoms with Gasteiger partial charge in [-0.15, -0.1) is 0 Å². The van der Waals surface area contributed by atoms with E-state index in [4.69, 9.17) is 0 Å². The molecule has 0 bridgehead atoms. The van der Waals surface area contributed by atoms with Gasteiger partial charge in [-0.05, 0) is 47.7 Å². The van der Waals surface area contributed by atoms with Crippen molar-refractivity contribution in [3.63, 3.8) is 0 Å². The normalized spacial score (nSPS) is 9.87. The van der Waals surface area contributed by atoms with Gasteiger partial charge in [0.05, 0.1) is 5.69 Å². The van der Waals surface area contributed by atoms with Crippen LogP contribution in [0.2, 0.25) is 0 Å². The van der Waals surface area contributed by atoms with E-state index in [1.54, 1.807) is 18.0 Å². The lowest BCUT2D eigenvalue weighted by molar-refractivity contribution is 0.224. The van der Waals surface area contributed by atoms with E-state index in [-0.39, 0.29) is 11.8 Å². The Balaban J connectivity index is 2.77. The van der Waals surface area contributed by atoms with Crippen molar-refractivity contribution in [3.8, 4) is 0 Å². The number of carbonyl (C=O) groups is 1. The molecule has 1 rings (SSSR count). The van der Waals surface area contributed by atoms with Crippen molar-refractivity contribution in [2.24, 2.45) is 0 Å². The maximum absolute atomic E-state index is 12.8. The number of urea groups is 1. The largest absolute Gasteiger partial charge is 0.328 e. The minimum atomic E-state index is -0.304. The molecule has 0 aliphatic carbocycles. The van der Waals surface area contributed by atoms with Crippen molar-refractivity contribution in [2.45, 2.75) is 6.92 Å². The maximum Gasteiger partial charge on any atom is 0.321 e. The summed E-state index contributed by atoms with van der Waals surface area (Å²) in [5, 5.41) is 2.70. The Morgan fingerprint density at radius 2 is 2.27 bits per heavy atom. The Labute approximate surface area is 102 Å². The zero-order valence-electron chi connectivity index (χ0n) is 8.55. The van der Waals surface area contributed by atoms with Crippen LogP contribution in [0, 0.1) is 9.39 Å². The lowest BCUT2D eigenvalue weighted by Gasteiger charge is -2.16. The van der Waals surface area contributed by atoms with Crippen LogP contribution in [-0.4, -0.2) is 24.5 Å². The second kappa shape index (κ2) is 5.29. The molecule has 0 atom stereocenters. The number of amides is 2. The zero-order chi connectivity index (χ0) is 11.4. The number of halogens is 2. The van der Waals surface area contributed by atoms with Gasteiger partial charge < -0.3 is 10.2 Å². The predicted octanol–water partition coefficient (Wildman–Crippen LogP) is 2.91. The molecule has 1 aromatic rings. The average molecular weight is 322 g/mol. The molecular weight excluding hydrogens is 310 g/mol. The van der Waals surface area contributed by atoms with Gasteiger partial charge in [-0.25, -0.2) is 9.18 Å². The molecule has 82 valence electrons. The van der Waals surface area contributed by atoms with Gasteiger partial charge in [-0.3, -0.25) is 0 Å². The highest BCUT2D eigenvalue weighted by molar-refractivity contribution is 14.1. The molecule has 5 heteroatoms. The molecule has 0 aliphatic heterocycles. The van der Waals surface area contributed by atoms with Crippen molar-refractivity contribution < 1.29 is 9.18 Å². The summed E-state index contributed by atoms with van der Waals surface area (Å²) >= 11 is 1.98. The Morgan fingerprint density at radius 1 is 1.60 bits per heavy atom. The Hall–Kier alpha value is -0.850. The van der Waals surface area contributed by atoms with Crippen molar-refractivity contribution >= 4 is 34.3 Å². The van der Waals surface area contributed by atoms with Crippen molar-refractivity contribution in [1.82, 2.24) is 4.90 Å². The first-order chi connectivity index (χ1) is 7.04. The monoisotopic (exact) mass is 322 g/mol. The third kappa shape index (κ3) is 3.33. The molecule has 0 saturated carbocycles. The summed E-state index contributed by atoms with van der Waals surface area (Å²) in [5.74, 6) is -0.304. The van der Waals surface area contributed by atoms with Crippen LogP contribution in [0.15, 0.2) is 18.2 Å². The van der Waals surface area contributed by atoms with E-state index < -0.39 is 0 Å². The van der Waals surface area contributed by atoms with E-state index in [1.165, 1.54) is 12.1 Å². The Morgan fingerprint density at radius 3 is 2.80 bits per heavy atom. The van der Waals surface area contributed by atoms with Gasteiger partial charge in [-0.2, -0.15) is 0 Å². The van der Waals surface area contributed by atoms with Gasteiger partial charge in [0, 0.05) is 17.2 Å². The molecule has 1 N–H and O–H groups in total. The fourth-order valence-corrected chi connectivity index (χ4v) is 1.56. The number of benzene rings is 1. The lowest BCUT2D eigenvalue weighted by Crippen LogP contribution is -2.31.